The van der Waals surface area contributed by atoms with E-state index in [0.717, 1.165) is 26.2 Å². The molecule has 5 heteroatoms. The molecule has 0 aliphatic carbocycles. The Morgan fingerprint density at radius 3 is 0.935 bits per heavy atom. The van der Waals surface area contributed by atoms with Gasteiger partial charge in [0.2, 0.25) is 0 Å². The van der Waals surface area contributed by atoms with Gasteiger partial charge in [0, 0.05) is 37.6 Å². The molecular weight excluding hydrogens is 683 g/mol. The third-order valence-corrected chi connectivity index (χ3v) is 8.27. The van der Waals surface area contributed by atoms with Crippen LogP contribution in [0.1, 0.15) is 22.3 Å². The van der Waals surface area contributed by atoms with Crippen LogP contribution in [-0.2, 0) is 52.4 Å². The van der Waals surface area contributed by atoms with Gasteiger partial charge in [-0.05, 0) is 22.3 Å². The van der Waals surface area contributed by atoms with E-state index in [1.807, 2.05) is 0 Å². The largest absolute Gasteiger partial charge is 3.00 e. The second kappa shape index (κ2) is 16.7. The smallest absolute Gasteiger partial charge is 1.00 e. The number of anilines is 2. The van der Waals surface area contributed by atoms with E-state index in [1.165, 1.54) is 55.2 Å². The zero-order valence-corrected chi connectivity index (χ0v) is 29.5. The van der Waals surface area contributed by atoms with Crippen LogP contribution in [-0.4, -0.2) is 0 Å². The predicted octanol–water partition coefficient (Wildman–Crippen LogP) is 4.13. The van der Waals surface area contributed by atoms with Crippen molar-refractivity contribution in [2.45, 2.75) is 26.2 Å². The quantitative estimate of drug-likeness (QED) is 0.197. The first-order valence-corrected chi connectivity index (χ1v) is 15.1. The van der Waals surface area contributed by atoms with Crippen LogP contribution >= 0.6 is 0 Å². The Balaban J connectivity index is 0.00000160. The van der Waals surface area contributed by atoms with Gasteiger partial charge in [-0.15, -0.1) is 27.6 Å². The minimum atomic E-state index is 0. The number of benzene rings is 6. The van der Waals surface area contributed by atoms with Gasteiger partial charge in [-0.25, -0.2) is 0 Å². The van der Waals surface area contributed by atoms with Crippen LogP contribution in [0, 0.1) is 0 Å². The summed E-state index contributed by atoms with van der Waals surface area (Å²) in [6.07, 6.45) is 0. The zero-order chi connectivity index (χ0) is 28.8. The molecule has 2 nitrogen and oxygen atoms in total. The summed E-state index contributed by atoms with van der Waals surface area (Å²) in [6, 6.07) is 59.3. The van der Waals surface area contributed by atoms with Gasteiger partial charge in [0.25, 0.3) is 0 Å². The molecule has 0 saturated heterocycles. The van der Waals surface area contributed by atoms with E-state index < -0.39 is 0 Å². The fourth-order valence-electron chi connectivity index (χ4n) is 6.08. The Morgan fingerprint density at radius 1 is 0.370 bits per heavy atom. The Kier molecular flexibility index (Phi) is 12.8. The van der Waals surface area contributed by atoms with Crippen molar-refractivity contribution in [3.8, 4) is 0 Å². The van der Waals surface area contributed by atoms with Gasteiger partial charge >= 0.3 is 26.2 Å². The van der Waals surface area contributed by atoms with Crippen molar-refractivity contribution in [3.05, 3.63) is 186 Å². The van der Waals surface area contributed by atoms with Crippen molar-refractivity contribution in [3.63, 3.8) is 0 Å². The second-order valence-corrected chi connectivity index (χ2v) is 11.3. The summed E-state index contributed by atoms with van der Waals surface area (Å²) in [5.41, 5.74) is 7.73. The molecular formula is C41H35Cl2N2Zr. The van der Waals surface area contributed by atoms with Crippen molar-refractivity contribution >= 4 is 32.9 Å². The van der Waals surface area contributed by atoms with Crippen molar-refractivity contribution in [2.24, 2.45) is 0 Å². The van der Waals surface area contributed by atoms with Crippen LogP contribution in [0.15, 0.2) is 164 Å². The summed E-state index contributed by atoms with van der Waals surface area (Å²) in [6.45, 7) is 3.44. The van der Waals surface area contributed by atoms with Gasteiger partial charge in [-0.2, -0.15) is 0 Å². The van der Waals surface area contributed by atoms with E-state index in [9.17, 15) is 0 Å². The molecule has 0 bridgehead atoms. The molecule has 46 heavy (non-hydrogen) atoms. The molecule has 0 aliphatic heterocycles. The number of fused-ring (bicyclic) bond motifs is 3. The molecule has 7 rings (SSSR count). The Morgan fingerprint density at radius 2 is 0.652 bits per heavy atom. The maximum Gasteiger partial charge on any atom is 3.00 e. The molecule has 1 radical (unpaired) electrons. The van der Waals surface area contributed by atoms with Gasteiger partial charge in [0.15, 0.2) is 0 Å². The third kappa shape index (κ3) is 8.34. The van der Waals surface area contributed by atoms with Crippen LogP contribution in [0.4, 0.5) is 11.4 Å². The van der Waals surface area contributed by atoms with Crippen LogP contribution in [0.5, 0.6) is 0 Å². The minimum absolute atomic E-state index is 0. The Labute approximate surface area is 304 Å². The normalized spacial score (nSPS) is 10.4. The predicted molar refractivity (Wildman–Crippen MR) is 183 cm³/mol. The standard InChI is InChI=1S/C41H35N2.2ClH.Zr/c1-5-13-32(14-6-1)28-42(29-33-15-7-2-8-16-33)38-21-23-40-36(26-38)25-37-27-39(22-24-41(37)40)43(30-34-17-9-3-10-18-34)31-35-19-11-4-12-20-35;;;/h1-27H,28-31H2;2*1H;/q-1;;;+3/p-2. The molecule has 7 aromatic carbocycles. The van der Waals surface area contributed by atoms with Gasteiger partial charge in [-0.1, -0.05) is 158 Å². The minimum Gasteiger partial charge on any atom is -1.00 e. The molecule has 0 amide bonds. The number of nitrogens with zero attached hydrogens (tertiary/aromatic N) is 2. The fourth-order valence-corrected chi connectivity index (χ4v) is 6.08. The summed E-state index contributed by atoms with van der Waals surface area (Å²) < 4.78 is 0. The maximum absolute atomic E-state index is 2.48. The van der Waals surface area contributed by atoms with Crippen LogP contribution < -0.4 is 34.6 Å². The SMILES string of the molecule is [Cl-].[Cl-].[Zr+3].c1ccc(CN(Cc2ccccc2)c2ccc3c(c2)[cH-]c2cc(N(Cc4ccccc4)Cc4ccccc4)ccc23)cc1. The molecule has 0 N–H and O–H groups in total. The summed E-state index contributed by atoms with van der Waals surface area (Å²) in [5, 5.41) is 5.19. The zero-order valence-electron chi connectivity index (χ0n) is 25.6. The molecule has 0 unspecified atom stereocenters. The van der Waals surface area contributed by atoms with E-state index >= 15 is 0 Å². The summed E-state index contributed by atoms with van der Waals surface area (Å²) >= 11 is 0. The molecule has 0 atom stereocenters. The first-order valence-electron chi connectivity index (χ1n) is 15.1. The number of hydrogen-bond donors (Lipinski definition) is 0. The van der Waals surface area contributed by atoms with Gasteiger partial charge < -0.3 is 34.6 Å². The molecule has 227 valence electrons. The van der Waals surface area contributed by atoms with Crippen molar-refractivity contribution < 1.29 is 51.0 Å². The van der Waals surface area contributed by atoms with Crippen molar-refractivity contribution in [1.82, 2.24) is 0 Å². The molecule has 0 saturated carbocycles. The Hall–Kier alpha value is -3.75. The first-order chi connectivity index (χ1) is 21.3. The third-order valence-electron chi connectivity index (χ3n) is 8.27. The number of hydrogen-bond acceptors (Lipinski definition) is 2. The second-order valence-electron chi connectivity index (χ2n) is 11.3. The van der Waals surface area contributed by atoms with E-state index in [1.54, 1.807) is 0 Å². The van der Waals surface area contributed by atoms with Crippen LogP contribution in [0.2, 0.25) is 0 Å². The molecule has 0 fully saturated rings. The van der Waals surface area contributed by atoms with E-state index in [4.69, 9.17) is 0 Å². The first kappa shape index (κ1) is 35.1. The summed E-state index contributed by atoms with van der Waals surface area (Å²) in [4.78, 5) is 4.96. The average Bonchev–Trinajstić information content (AvgIpc) is 3.43. The molecule has 0 aromatic heterocycles. The summed E-state index contributed by atoms with van der Waals surface area (Å²) in [5.74, 6) is 0. The van der Waals surface area contributed by atoms with E-state index in [0.29, 0.717) is 0 Å². The van der Waals surface area contributed by atoms with Crippen LogP contribution in [0.25, 0.3) is 21.5 Å². The number of rotatable bonds is 10. The van der Waals surface area contributed by atoms with Crippen molar-refractivity contribution in [1.29, 1.82) is 0 Å². The average molecular weight is 718 g/mol. The topological polar surface area (TPSA) is 6.48 Å². The van der Waals surface area contributed by atoms with Crippen molar-refractivity contribution in [2.75, 3.05) is 9.80 Å². The monoisotopic (exact) mass is 715 g/mol. The fraction of sp³-hybridized carbons (Fsp3) is 0.0976. The number of halogens is 2. The maximum atomic E-state index is 2.48. The summed E-state index contributed by atoms with van der Waals surface area (Å²) in [7, 11) is 0. The molecule has 0 aliphatic rings. The molecule has 0 heterocycles. The van der Waals surface area contributed by atoms with Crippen LogP contribution in [0.3, 0.4) is 0 Å². The molecule has 0 spiro atoms. The van der Waals surface area contributed by atoms with Gasteiger partial charge in [-0.3, -0.25) is 0 Å². The molecule has 7 aromatic rings. The Bertz CT molecular complexity index is 1700. The van der Waals surface area contributed by atoms with Gasteiger partial charge in [0.05, 0.1) is 0 Å². The van der Waals surface area contributed by atoms with E-state index in [2.05, 4.69) is 174 Å². The van der Waals surface area contributed by atoms with E-state index in [-0.39, 0.29) is 51.0 Å². The van der Waals surface area contributed by atoms with Gasteiger partial charge in [0.1, 0.15) is 0 Å².